The van der Waals surface area contributed by atoms with E-state index in [0.29, 0.717) is 56.9 Å². The second-order valence-corrected chi connectivity index (χ2v) is 8.45. The van der Waals surface area contributed by atoms with Crippen LogP contribution in [0, 0.1) is 5.82 Å². The van der Waals surface area contributed by atoms with Gasteiger partial charge in [-0.25, -0.2) is 4.39 Å². The molecular formula is C24H26FN5O4S. The highest BCUT2D eigenvalue weighted by atomic mass is 32.2. The fourth-order valence-electron chi connectivity index (χ4n) is 3.52. The maximum Gasteiger partial charge on any atom is 0.237 e. The van der Waals surface area contributed by atoms with Crippen LogP contribution in [0.15, 0.2) is 46.1 Å². The summed E-state index contributed by atoms with van der Waals surface area (Å²) in [6.07, 6.45) is 2.81. The van der Waals surface area contributed by atoms with E-state index in [1.807, 2.05) is 0 Å². The Bertz CT molecular complexity index is 1270. The number of benzene rings is 2. The topological polar surface area (TPSA) is 97.3 Å². The summed E-state index contributed by atoms with van der Waals surface area (Å²) in [7, 11) is 4.59. The minimum Gasteiger partial charge on any atom is -0.493 e. The van der Waals surface area contributed by atoms with Crippen molar-refractivity contribution in [3.05, 3.63) is 53.9 Å². The number of ether oxygens (including phenoxy) is 3. The van der Waals surface area contributed by atoms with Crippen LogP contribution in [0.4, 0.5) is 4.39 Å². The lowest BCUT2D eigenvalue weighted by atomic mass is 10.1. The first-order valence-corrected chi connectivity index (χ1v) is 12.0. The third-order valence-corrected chi connectivity index (χ3v) is 6.15. The molecule has 0 aliphatic rings. The zero-order valence-electron chi connectivity index (χ0n) is 19.9. The molecule has 2 aromatic carbocycles. The van der Waals surface area contributed by atoms with Gasteiger partial charge in [-0.3, -0.25) is 4.57 Å². The van der Waals surface area contributed by atoms with Gasteiger partial charge in [-0.1, -0.05) is 42.4 Å². The van der Waals surface area contributed by atoms with Gasteiger partial charge in [0.05, 0.1) is 32.8 Å². The first-order valence-electron chi connectivity index (χ1n) is 11.0. The Kier molecular flexibility index (Phi) is 7.86. The van der Waals surface area contributed by atoms with E-state index in [4.69, 9.17) is 18.7 Å². The highest BCUT2D eigenvalue weighted by molar-refractivity contribution is 7.98. The van der Waals surface area contributed by atoms with Crippen LogP contribution in [-0.2, 0) is 12.2 Å². The largest absolute Gasteiger partial charge is 0.493 e. The second-order valence-electron chi connectivity index (χ2n) is 7.50. The molecule has 0 spiro atoms. The Morgan fingerprint density at radius 2 is 1.77 bits per heavy atom. The van der Waals surface area contributed by atoms with Crippen molar-refractivity contribution in [3.8, 4) is 34.3 Å². The summed E-state index contributed by atoms with van der Waals surface area (Å²) in [5.74, 6) is 2.85. The molecule has 2 heterocycles. The molecule has 0 aliphatic heterocycles. The van der Waals surface area contributed by atoms with E-state index in [2.05, 4.69) is 27.3 Å². The van der Waals surface area contributed by atoms with Gasteiger partial charge in [0.25, 0.3) is 0 Å². The molecule has 0 fully saturated rings. The summed E-state index contributed by atoms with van der Waals surface area (Å²) in [6.45, 7) is 2.11. The standard InChI is InChI=1S/C24H26FN5O4S/c1-5-6-11-20-26-21(34-29-20)14-35-24-28-27-23(30(24)17-10-8-7-9-16(17)25)15-12-18(31-2)22(33-4)19(13-15)32-3/h7-10,12-13H,5-6,11,14H2,1-4H3. The molecule has 0 amide bonds. The molecule has 0 bridgehead atoms. The Morgan fingerprint density at radius 1 is 1.03 bits per heavy atom. The van der Waals surface area contributed by atoms with Gasteiger partial charge in [-0.15, -0.1) is 10.2 Å². The molecule has 0 saturated carbocycles. The lowest BCUT2D eigenvalue weighted by Crippen LogP contribution is -2.03. The van der Waals surface area contributed by atoms with Crippen molar-refractivity contribution in [1.29, 1.82) is 0 Å². The van der Waals surface area contributed by atoms with Crippen LogP contribution in [0.2, 0.25) is 0 Å². The predicted octanol–water partition coefficient (Wildman–Crippen LogP) is 5.12. The molecule has 0 aliphatic carbocycles. The van der Waals surface area contributed by atoms with Gasteiger partial charge >= 0.3 is 0 Å². The van der Waals surface area contributed by atoms with Crippen molar-refractivity contribution in [2.45, 2.75) is 37.1 Å². The number of methoxy groups -OCH3 is 3. The monoisotopic (exact) mass is 499 g/mol. The number of hydrogen-bond donors (Lipinski definition) is 0. The lowest BCUT2D eigenvalue weighted by Gasteiger charge is -2.15. The summed E-state index contributed by atoms with van der Waals surface area (Å²) >= 11 is 1.32. The number of halogens is 1. The maximum atomic E-state index is 14.9. The summed E-state index contributed by atoms with van der Waals surface area (Å²) in [5, 5.41) is 13.2. The molecule has 0 radical (unpaired) electrons. The first kappa shape index (κ1) is 24.5. The summed E-state index contributed by atoms with van der Waals surface area (Å²) in [4.78, 5) is 4.44. The molecule has 0 saturated heterocycles. The van der Waals surface area contributed by atoms with E-state index in [1.165, 1.54) is 39.2 Å². The zero-order chi connectivity index (χ0) is 24.8. The SMILES string of the molecule is CCCCc1noc(CSc2nnc(-c3cc(OC)c(OC)c(OC)c3)n2-c2ccccc2F)n1. The molecule has 184 valence electrons. The quantitative estimate of drug-likeness (QED) is 0.261. The zero-order valence-corrected chi connectivity index (χ0v) is 20.8. The fourth-order valence-corrected chi connectivity index (χ4v) is 4.30. The van der Waals surface area contributed by atoms with Crippen molar-refractivity contribution in [3.63, 3.8) is 0 Å². The van der Waals surface area contributed by atoms with Crippen LogP contribution in [-0.4, -0.2) is 46.2 Å². The molecule has 9 nitrogen and oxygen atoms in total. The number of unbranched alkanes of at least 4 members (excludes halogenated alkanes) is 1. The molecule has 35 heavy (non-hydrogen) atoms. The van der Waals surface area contributed by atoms with E-state index in [9.17, 15) is 4.39 Å². The molecule has 11 heteroatoms. The van der Waals surface area contributed by atoms with Crippen molar-refractivity contribution in [2.75, 3.05) is 21.3 Å². The van der Waals surface area contributed by atoms with Gasteiger partial charge in [0.2, 0.25) is 11.6 Å². The third kappa shape index (κ3) is 5.24. The number of thioether (sulfide) groups is 1. The lowest BCUT2D eigenvalue weighted by molar-refractivity contribution is 0.324. The smallest absolute Gasteiger partial charge is 0.237 e. The Morgan fingerprint density at radius 3 is 2.43 bits per heavy atom. The Balaban J connectivity index is 1.74. The summed E-state index contributed by atoms with van der Waals surface area (Å²) < 4.78 is 38.3. The van der Waals surface area contributed by atoms with E-state index in [-0.39, 0.29) is 0 Å². The van der Waals surface area contributed by atoms with Gasteiger partial charge in [-0.05, 0) is 30.7 Å². The molecule has 0 unspecified atom stereocenters. The van der Waals surface area contributed by atoms with Crippen molar-refractivity contribution in [2.24, 2.45) is 0 Å². The number of aryl methyl sites for hydroxylation is 1. The van der Waals surface area contributed by atoms with Gasteiger partial charge < -0.3 is 18.7 Å². The van der Waals surface area contributed by atoms with Crippen LogP contribution in [0.1, 0.15) is 31.5 Å². The van der Waals surface area contributed by atoms with E-state index in [0.717, 1.165) is 19.3 Å². The van der Waals surface area contributed by atoms with Crippen LogP contribution in [0.5, 0.6) is 17.2 Å². The van der Waals surface area contributed by atoms with Crippen LogP contribution in [0.3, 0.4) is 0 Å². The fraction of sp³-hybridized carbons (Fsp3) is 0.333. The average Bonchev–Trinajstić information content (AvgIpc) is 3.52. The number of para-hydroxylation sites is 1. The molecule has 4 rings (SSSR count). The Labute approximate surface area is 206 Å². The van der Waals surface area contributed by atoms with Crippen molar-refractivity contribution in [1.82, 2.24) is 24.9 Å². The first-order chi connectivity index (χ1) is 17.1. The minimum atomic E-state index is -0.414. The number of rotatable bonds is 11. The van der Waals surface area contributed by atoms with Gasteiger partial charge in [0, 0.05) is 12.0 Å². The maximum absolute atomic E-state index is 14.9. The van der Waals surface area contributed by atoms with E-state index >= 15 is 0 Å². The summed E-state index contributed by atoms with van der Waals surface area (Å²) in [5.41, 5.74) is 0.916. The third-order valence-electron chi connectivity index (χ3n) is 5.24. The number of nitrogens with zero attached hydrogens (tertiary/aromatic N) is 5. The van der Waals surface area contributed by atoms with E-state index in [1.54, 1.807) is 34.9 Å². The van der Waals surface area contributed by atoms with Crippen molar-refractivity contribution >= 4 is 11.8 Å². The second kappa shape index (κ2) is 11.2. The van der Waals surface area contributed by atoms with Crippen LogP contribution in [0.25, 0.3) is 17.1 Å². The summed E-state index contributed by atoms with van der Waals surface area (Å²) in [6, 6.07) is 9.93. The van der Waals surface area contributed by atoms with Gasteiger partial charge in [0.1, 0.15) is 5.82 Å². The normalized spacial score (nSPS) is 11.0. The molecule has 0 N–H and O–H groups in total. The number of hydrogen-bond acceptors (Lipinski definition) is 9. The highest BCUT2D eigenvalue weighted by Crippen LogP contribution is 2.42. The number of aromatic nitrogens is 5. The average molecular weight is 500 g/mol. The molecular weight excluding hydrogens is 473 g/mol. The molecule has 0 atom stereocenters. The van der Waals surface area contributed by atoms with Crippen LogP contribution < -0.4 is 14.2 Å². The molecule has 4 aromatic rings. The van der Waals surface area contributed by atoms with Crippen LogP contribution >= 0.6 is 11.8 Å². The minimum absolute atomic E-state index is 0.304. The van der Waals surface area contributed by atoms with Gasteiger partial charge in [-0.2, -0.15) is 4.98 Å². The molecule has 2 aromatic heterocycles. The van der Waals surface area contributed by atoms with E-state index < -0.39 is 5.82 Å². The highest BCUT2D eigenvalue weighted by Gasteiger charge is 2.22. The van der Waals surface area contributed by atoms with Crippen molar-refractivity contribution < 1.29 is 23.1 Å². The van der Waals surface area contributed by atoms with Gasteiger partial charge in [0.15, 0.2) is 28.3 Å². The predicted molar refractivity (Wildman–Crippen MR) is 129 cm³/mol. The Hall–Kier alpha value is -3.60.